The van der Waals surface area contributed by atoms with Crippen LogP contribution in [-0.2, 0) is 11.2 Å². The highest BCUT2D eigenvalue weighted by atomic mass is 35.5. The third-order valence-electron chi connectivity index (χ3n) is 3.76. The lowest BCUT2D eigenvalue weighted by atomic mass is 10.0. The molecule has 0 fully saturated rings. The second-order valence-corrected chi connectivity index (χ2v) is 5.92. The molecule has 23 heavy (non-hydrogen) atoms. The summed E-state index contributed by atoms with van der Waals surface area (Å²) >= 11 is 6.05. The van der Waals surface area contributed by atoms with Crippen molar-refractivity contribution < 1.29 is 9.53 Å². The molecule has 0 aliphatic carbocycles. The van der Waals surface area contributed by atoms with Gasteiger partial charge in [-0.25, -0.2) is 0 Å². The zero-order valence-corrected chi connectivity index (χ0v) is 14.4. The number of amides is 1. The number of hydrogen-bond donors (Lipinski definition) is 1. The summed E-state index contributed by atoms with van der Waals surface area (Å²) in [5.41, 5.74) is 2.35. The lowest BCUT2D eigenvalue weighted by Gasteiger charge is -2.19. The van der Waals surface area contributed by atoms with E-state index < -0.39 is 6.10 Å². The number of hydrogen-bond acceptors (Lipinski definition) is 2. The average Bonchev–Trinajstić information content (AvgIpc) is 2.56. The summed E-state index contributed by atoms with van der Waals surface area (Å²) in [5, 5.41) is 3.46. The molecule has 0 aliphatic rings. The van der Waals surface area contributed by atoms with Gasteiger partial charge in [0, 0.05) is 0 Å². The van der Waals surface area contributed by atoms with Crippen molar-refractivity contribution in [2.24, 2.45) is 0 Å². The molecule has 1 N–H and O–H groups in total. The highest BCUT2D eigenvalue weighted by Gasteiger charge is 2.18. The highest BCUT2D eigenvalue weighted by Crippen LogP contribution is 2.24. The maximum absolute atomic E-state index is 12.3. The van der Waals surface area contributed by atoms with E-state index in [-0.39, 0.29) is 11.9 Å². The van der Waals surface area contributed by atoms with Gasteiger partial charge in [0.05, 0.1) is 11.1 Å². The van der Waals surface area contributed by atoms with Gasteiger partial charge in [-0.15, -0.1) is 0 Å². The maximum Gasteiger partial charge on any atom is 0.261 e. The number of ether oxygens (including phenoxy) is 1. The summed E-state index contributed by atoms with van der Waals surface area (Å²) in [6.45, 7) is 5.79. The van der Waals surface area contributed by atoms with E-state index in [0.717, 1.165) is 12.0 Å². The lowest BCUT2D eigenvalue weighted by Crippen LogP contribution is -2.37. The summed E-state index contributed by atoms with van der Waals surface area (Å²) in [6, 6.07) is 15.3. The lowest BCUT2D eigenvalue weighted by molar-refractivity contribution is -0.127. The van der Waals surface area contributed by atoms with Crippen LogP contribution in [-0.4, -0.2) is 12.0 Å². The van der Waals surface area contributed by atoms with Crippen LogP contribution in [0.25, 0.3) is 0 Å². The Hall–Kier alpha value is -2.00. The minimum Gasteiger partial charge on any atom is -0.479 e. The van der Waals surface area contributed by atoms with Crippen molar-refractivity contribution in [1.82, 2.24) is 5.32 Å². The second kappa shape index (κ2) is 8.02. The number of carbonyl (C=O) groups is 1. The Balaban J connectivity index is 1.95. The molecular formula is C19H22ClNO2. The molecule has 0 aliphatic heterocycles. The first-order valence-corrected chi connectivity index (χ1v) is 8.19. The van der Waals surface area contributed by atoms with Crippen molar-refractivity contribution in [3.8, 4) is 5.75 Å². The maximum atomic E-state index is 12.3. The Bertz CT molecular complexity index is 655. The monoisotopic (exact) mass is 331 g/mol. The first kappa shape index (κ1) is 17.4. The van der Waals surface area contributed by atoms with Gasteiger partial charge in [0.25, 0.3) is 5.91 Å². The van der Waals surface area contributed by atoms with Crippen LogP contribution >= 0.6 is 11.6 Å². The summed E-state index contributed by atoms with van der Waals surface area (Å²) < 4.78 is 5.64. The Labute approximate surface area is 142 Å². The number of para-hydroxylation sites is 1. The third-order valence-corrected chi connectivity index (χ3v) is 4.07. The molecule has 122 valence electrons. The predicted octanol–water partition coefficient (Wildman–Crippen LogP) is 4.55. The molecule has 2 atom stereocenters. The standard InChI is InChI=1S/C19H22ClNO2/c1-4-15-9-11-16(12-10-15)13(2)21-19(22)14(3)23-18-8-6-5-7-17(18)20/h5-14H,4H2,1-3H3,(H,21,22)/t13-,14+/m0/s1. The number of aryl methyl sites for hydroxylation is 1. The molecule has 0 unspecified atom stereocenters. The van der Waals surface area contributed by atoms with E-state index in [1.54, 1.807) is 19.1 Å². The molecular weight excluding hydrogens is 310 g/mol. The minimum atomic E-state index is -0.618. The van der Waals surface area contributed by atoms with Gasteiger partial charge in [0.2, 0.25) is 0 Å². The highest BCUT2D eigenvalue weighted by molar-refractivity contribution is 6.32. The molecule has 2 aromatic carbocycles. The van der Waals surface area contributed by atoms with E-state index >= 15 is 0 Å². The van der Waals surface area contributed by atoms with Crippen LogP contribution in [0.4, 0.5) is 0 Å². The normalized spacial score (nSPS) is 13.2. The van der Waals surface area contributed by atoms with Crippen molar-refractivity contribution >= 4 is 17.5 Å². The fourth-order valence-corrected chi connectivity index (χ4v) is 2.42. The molecule has 2 rings (SSSR count). The van der Waals surface area contributed by atoms with Crippen LogP contribution in [0.2, 0.25) is 5.02 Å². The molecule has 0 heterocycles. The Morgan fingerprint density at radius 3 is 2.39 bits per heavy atom. The van der Waals surface area contributed by atoms with Gasteiger partial charge in [-0.3, -0.25) is 4.79 Å². The van der Waals surface area contributed by atoms with E-state index in [9.17, 15) is 4.79 Å². The van der Waals surface area contributed by atoms with E-state index in [1.165, 1.54) is 5.56 Å². The van der Waals surface area contributed by atoms with Crippen LogP contribution in [0.1, 0.15) is 37.9 Å². The number of benzene rings is 2. The zero-order valence-electron chi connectivity index (χ0n) is 13.7. The average molecular weight is 332 g/mol. The van der Waals surface area contributed by atoms with Crippen LogP contribution in [0.5, 0.6) is 5.75 Å². The van der Waals surface area contributed by atoms with Gasteiger partial charge >= 0.3 is 0 Å². The predicted molar refractivity (Wildman–Crippen MR) is 93.9 cm³/mol. The topological polar surface area (TPSA) is 38.3 Å². The van der Waals surface area contributed by atoms with Crippen LogP contribution in [0.15, 0.2) is 48.5 Å². The van der Waals surface area contributed by atoms with Crippen molar-refractivity contribution in [1.29, 1.82) is 0 Å². The fourth-order valence-electron chi connectivity index (χ4n) is 2.24. The smallest absolute Gasteiger partial charge is 0.261 e. The molecule has 0 radical (unpaired) electrons. The van der Waals surface area contributed by atoms with Gasteiger partial charge in [-0.2, -0.15) is 0 Å². The first-order chi connectivity index (χ1) is 11.0. The number of nitrogens with one attached hydrogen (secondary N) is 1. The Morgan fingerprint density at radius 1 is 1.13 bits per heavy atom. The van der Waals surface area contributed by atoms with E-state index in [4.69, 9.17) is 16.3 Å². The van der Waals surface area contributed by atoms with Gasteiger partial charge in [-0.05, 0) is 43.5 Å². The van der Waals surface area contributed by atoms with Crippen molar-refractivity contribution in [3.05, 3.63) is 64.7 Å². The van der Waals surface area contributed by atoms with E-state index in [1.807, 2.05) is 31.2 Å². The van der Waals surface area contributed by atoms with Crippen LogP contribution in [0, 0.1) is 0 Å². The molecule has 0 spiro atoms. The van der Waals surface area contributed by atoms with Gasteiger partial charge in [0.15, 0.2) is 6.10 Å². The molecule has 0 saturated carbocycles. The fraction of sp³-hybridized carbons (Fsp3) is 0.316. The quantitative estimate of drug-likeness (QED) is 0.843. The molecule has 0 bridgehead atoms. The first-order valence-electron chi connectivity index (χ1n) is 7.81. The molecule has 1 amide bonds. The van der Waals surface area contributed by atoms with E-state index in [0.29, 0.717) is 10.8 Å². The largest absolute Gasteiger partial charge is 0.479 e. The zero-order chi connectivity index (χ0) is 16.8. The summed E-state index contributed by atoms with van der Waals surface area (Å²) in [7, 11) is 0. The SMILES string of the molecule is CCc1ccc([C@H](C)NC(=O)[C@@H](C)Oc2ccccc2Cl)cc1. The van der Waals surface area contributed by atoms with Gasteiger partial charge < -0.3 is 10.1 Å². The van der Waals surface area contributed by atoms with Crippen LogP contribution in [0.3, 0.4) is 0 Å². The summed E-state index contributed by atoms with van der Waals surface area (Å²) in [5.74, 6) is 0.341. The van der Waals surface area contributed by atoms with E-state index in [2.05, 4.69) is 24.4 Å². The second-order valence-electron chi connectivity index (χ2n) is 5.52. The Morgan fingerprint density at radius 2 is 1.78 bits per heavy atom. The number of rotatable bonds is 6. The third kappa shape index (κ3) is 4.73. The molecule has 0 aromatic heterocycles. The molecule has 0 saturated heterocycles. The molecule has 2 aromatic rings. The molecule has 4 heteroatoms. The van der Waals surface area contributed by atoms with Crippen molar-refractivity contribution in [2.75, 3.05) is 0 Å². The minimum absolute atomic E-state index is 0.0781. The van der Waals surface area contributed by atoms with Crippen molar-refractivity contribution in [2.45, 2.75) is 39.3 Å². The summed E-state index contributed by atoms with van der Waals surface area (Å²) in [6.07, 6.45) is 0.385. The van der Waals surface area contributed by atoms with Gasteiger partial charge in [0.1, 0.15) is 5.75 Å². The van der Waals surface area contributed by atoms with Crippen molar-refractivity contribution in [3.63, 3.8) is 0 Å². The van der Waals surface area contributed by atoms with Gasteiger partial charge in [-0.1, -0.05) is 54.9 Å². The number of carbonyl (C=O) groups excluding carboxylic acids is 1. The number of halogens is 1. The Kier molecular flexibility index (Phi) is 6.05. The molecule has 3 nitrogen and oxygen atoms in total. The van der Waals surface area contributed by atoms with Crippen LogP contribution < -0.4 is 10.1 Å². The summed E-state index contributed by atoms with van der Waals surface area (Å²) in [4.78, 5) is 12.3.